The highest BCUT2D eigenvalue weighted by atomic mass is 32.2. The highest BCUT2D eigenvalue weighted by molar-refractivity contribution is 7.91. The first-order valence-electron chi connectivity index (χ1n) is 14.4. The molecule has 1 saturated carbocycles. The molecule has 1 saturated heterocycles. The number of rotatable bonds is 8. The van der Waals surface area contributed by atoms with Gasteiger partial charge in [-0.15, -0.1) is 0 Å². The number of nitrogens with zero attached hydrogens (tertiary/aromatic N) is 5. The predicted molar refractivity (Wildman–Crippen MR) is 156 cm³/mol. The van der Waals surface area contributed by atoms with Gasteiger partial charge in [0.2, 0.25) is 0 Å². The van der Waals surface area contributed by atoms with Gasteiger partial charge in [0.1, 0.15) is 12.0 Å². The summed E-state index contributed by atoms with van der Waals surface area (Å²) in [6.07, 6.45) is 2.82. The number of pyridine rings is 1. The largest absolute Gasteiger partial charge is 0.369 e. The molecule has 2 aliphatic rings. The average Bonchev–Trinajstić information content (AvgIpc) is 3.41. The zero-order valence-corrected chi connectivity index (χ0v) is 24.6. The van der Waals surface area contributed by atoms with E-state index in [2.05, 4.69) is 11.1 Å². The summed E-state index contributed by atoms with van der Waals surface area (Å²) in [5.41, 5.74) is 2.93. The second-order valence-electron chi connectivity index (χ2n) is 11.6. The molecule has 1 aliphatic heterocycles. The summed E-state index contributed by atoms with van der Waals surface area (Å²) in [4.78, 5) is 19.8. The maximum Gasteiger partial charge on any atom is 0.189 e. The third-order valence-corrected chi connectivity index (χ3v) is 10.1. The van der Waals surface area contributed by atoms with Crippen molar-refractivity contribution in [2.45, 2.75) is 51.6 Å². The van der Waals surface area contributed by atoms with Crippen molar-refractivity contribution in [1.82, 2.24) is 14.8 Å². The molecule has 0 unspecified atom stereocenters. The quantitative estimate of drug-likeness (QED) is 0.348. The molecule has 5 rings (SSSR count). The summed E-state index contributed by atoms with van der Waals surface area (Å²) in [6, 6.07) is 12.6. The van der Waals surface area contributed by atoms with Gasteiger partial charge in [-0.3, -0.25) is 4.79 Å². The number of ketones is 1. The zero-order valence-electron chi connectivity index (χ0n) is 23.8. The molecule has 0 bridgehead atoms. The monoisotopic (exact) mass is 595 g/mol. The van der Waals surface area contributed by atoms with Gasteiger partial charge >= 0.3 is 0 Å². The Morgan fingerprint density at radius 1 is 1.14 bits per heavy atom. The van der Waals surface area contributed by atoms with E-state index in [1.807, 2.05) is 43.0 Å². The lowest BCUT2D eigenvalue weighted by molar-refractivity contribution is -0.126. The van der Waals surface area contributed by atoms with Crippen LogP contribution in [0, 0.1) is 34.9 Å². The highest BCUT2D eigenvalue weighted by Gasteiger charge is 2.40. The number of nitriles is 1. The standard InChI is InChI=1S/C31H35F2N5O3S/c1-20(2)22(18-34)16-29(39)26-17-23(32)7-10-25(26)30-27(19-38(36-30)31-28(33)4-3-11-35-31)21-5-8-24(9-6-21)37-12-14-42(40,41)15-13-37/h3-6,8-9,11,19-20,22-23,25-26H,7,10,12-17H2,1-2H3/t22-,23+,25-,26-/m1/s1. The molecule has 2 aromatic heterocycles. The average molecular weight is 596 g/mol. The van der Waals surface area contributed by atoms with E-state index >= 15 is 0 Å². The fraction of sp³-hybridized carbons (Fsp3) is 0.484. The molecule has 11 heteroatoms. The fourth-order valence-corrected chi connectivity index (χ4v) is 7.16. The van der Waals surface area contributed by atoms with E-state index in [0.29, 0.717) is 30.8 Å². The Hall–Kier alpha value is -3.65. The van der Waals surface area contributed by atoms with Crippen molar-refractivity contribution < 1.29 is 22.0 Å². The molecule has 0 N–H and O–H groups in total. The van der Waals surface area contributed by atoms with Crippen LogP contribution in [0.25, 0.3) is 16.9 Å². The molecular weight excluding hydrogens is 560 g/mol. The number of Topliss-reactive ketones (excluding diaryl/α,β-unsaturated/α-hetero) is 1. The third kappa shape index (κ3) is 6.38. The number of halogens is 2. The number of anilines is 1. The molecular formula is C31H35F2N5O3S. The molecule has 2 fully saturated rings. The second-order valence-corrected chi connectivity index (χ2v) is 13.9. The molecule has 1 aliphatic carbocycles. The first kappa shape index (κ1) is 29.8. The lowest BCUT2D eigenvalue weighted by Crippen LogP contribution is -2.40. The highest BCUT2D eigenvalue weighted by Crippen LogP contribution is 2.44. The lowest BCUT2D eigenvalue weighted by Gasteiger charge is -2.32. The number of hydrogen-bond acceptors (Lipinski definition) is 7. The molecule has 222 valence electrons. The molecule has 3 aromatic rings. The maximum atomic E-state index is 14.8. The number of hydrogen-bond donors (Lipinski definition) is 0. The van der Waals surface area contributed by atoms with Gasteiger partial charge < -0.3 is 4.90 Å². The van der Waals surface area contributed by atoms with E-state index in [-0.39, 0.29) is 48.3 Å². The second kappa shape index (κ2) is 12.3. The van der Waals surface area contributed by atoms with Crippen LogP contribution in [0.3, 0.4) is 0 Å². The number of alkyl halides is 1. The van der Waals surface area contributed by atoms with E-state index in [1.165, 1.54) is 23.0 Å². The van der Waals surface area contributed by atoms with E-state index in [0.717, 1.165) is 11.3 Å². The fourth-order valence-electron chi connectivity index (χ4n) is 5.96. The molecule has 8 nitrogen and oxygen atoms in total. The lowest BCUT2D eigenvalue weighted by atomic mass is 9.71. The summed E-state index contributed by atoms with van der Waals surface area (Å²) in [7, 11) is -3.01. The Bertz CT molecular complexity index is 1570. The maximum absolute atomic E-state index is 14.8. The van der Waals surface area contributed by atoms with Crippen LogP contribution in [0.5, 0.6) is 0 Å². The van der Waals surface area contributed by atoms with Gasteiger partial charge in [-0.1, -0.05) is 26.0 Å². The first-order chi connectivity index (χ1) is 20.1. The molecule has 0 spiro atoms. The molecule has 0 radical (unpaired) electrons. The summed E-state index contributed by atoms with van der Waals surface area (Å²) < 4.78 is 54.6. The summed E-state index contributed by atoms with van der Waals surface area (Å²) in [6.45, 7) is 4.62. The van der Waals surface area contributed by atoms with Gasteiger partial charge in [-0.05, 0) is 55.0 Å². The van der Waals surface area contributed by atoms with Crippen molar-refractivity contribution in [2.75, 3.05) is 29.5 Å². The molecule has 1 aromatic carbocycles. The van der Waals surface area contributed by atoms with Crippen LogP contribution in [0.2, 0.25) is 0 Å². The van der Waals surface area contributed by atoms with Crippen LogP contribution in [0.15, 0.2) is 48.8 Å². The Labute approximate surface area is 245 Å². The van der Waals surface area contributed by atoms with Crippen LogP contribution in [0.1, 0.15) is 51.1 Å². The Balaban J connectivity index is 1.53. The van der Waals surface area contributed by atoms with Crippen LogP contribution in [-0.4, -0.2) is 59.7 Å². The topological polar surface area (TPSA) is 109 Å². The van der Waals surface area contributed by atoms with E-state index in [9.17, 15) is 27.3 Å². The Morgan fingerprint density at radius 3 is 2.50 bits per heavy atom. The van der Waals surface area contributed by atoms with Gasteiger partial charge in [0.25, 0.3) is 0 Å². The van der Waals surface area contributed by atoms with Crippen LogP contribution >= 0.6 is 0 Å². The number of carbonyl (C=O) groups is 1. The van der Waals surface area contributed by atoms with Gasteiger partial charge in [0.15, 0.2) is 21.5 Å². The molecule has 42 heavy (non-hydrogen) atoms. The van der Waals surface area contributed by atoms with Crippen LogP contribution in [0.4, 0.5) is 14.5 Å². The van der Waals surface area contributed by atoms with Crippen molar-refractivity contribution in [3.05, 3.63) is 60.3 Å². The minimum Gasteiger partial charge on any atom is -0.369 e. The number of aromatic nitrogens is 3. The Kier molecular flexibility index (Phi) is 8.73. The van der Waals surface area contributed by atoms with Gasteiger partial charge in [0, 0.05) is 55.0 Å². The van der Waals surface area contributed by atoms with E-state index < -0.39 is 39.6 Å². The SMILES string of the molecule is CC(C)[C@@H](C#N)CC(=O)[C@@H]1C[C@@H](F)CC[C@H]1c1nn(-c2ncccc2F)cc1-c1ccc(N2CCS(=O)(=O)CC2)cc1. The van der Waals surface area contributed by atoms with Gasteiger partial charge in [-0.2, -0.15) is 10.4 Å². The van der Waals surface area contributed by atoms with Crippen LogP contribution in [-0.2, 0) is 14.6 Å². The van der Waals surface area contributed by atoms with E-state index in [1.54, 1.807) is 6.20 Å². The number of sulfone groups is 1. The first-order valence-corrected chi connectivity index (χ1v) is 16.2. The summed E-state index contributed by atoms with van der Waals surface area (Å²) in [5.74, 6) is -2.01. The summed E-state index contributed by atoms with van der Waals surface area (Å²) in [5, 5.41) is 14.4. The number of benzene rings is 1. The van der Waals surface area contributed by atoms with E-state index in [4.69, 9.17) is 5.10 Å². The zero-order chi connectivity index (χ0) is 30.0. The minimum atomic E-state index is -3.01. The van der Waals surface area contributed by atoms with Gasteiger partial charge in [-0.25, -0.2) is 26.9 Å². The molecule has 0 amide bonds. The normalized spacial score (nSPS) is 23.0. The van der Waals surface area contributed by atoms with Gasteiger partial charge in [0.05, 0.1) is 29.2 Å². The van der Waals surface area contributed by atoms with Crippen molar-refractivity contribution in [3.8, 4) is 23.0 Å². The number of carbonyl (C=O) groups excluding carboxylic acids is 1. The smallest absolute Gasteiger partial charge is 0.189 e. The van der Waals surface area contributed by atoms with Crippen molar-refractivity contribution in [3.63, 3.8) is 0 Å². The van der Waals surface area contributed by atoms with Crippen LogP contribution < -0.4 is 4.90 Å². The third-order valence-electron chi connectivity index (χ3n) is 8.53. The predicted octanol–water partition coefficient (Wildman–Crippen LogP) is 5.28. The minimum absolute atomic E-state index is 0.0115. The van der Waals surface area contributed by atoms with Crippen molar-refractivity contribution in [1.29, 1.82) is 5.26 Å². The van der Waals surface area contributed by atoms with Crippen molar-refractivity contribution in [2.24, 2.45) is 17.8 Å². The van der Waals surface area contributed by atoms with Crippen molar-refractivity contribution >= 4 is 21.3 Å². The molecule has 4 atom stereocenters. The molecule has 3 heterocycles. The summed E-state index contributed by atoms with van der Waals surface area (Å²) >= 11 is 0. The Morgan fingerprint density at radius 2 is 1.86 bits per heavy atom.